The summed E-state index contributed by atoms with van der Waals surface area (Å²) < 4.78 is 12.5. The van der Waals surface area contributed by atoms with E-state index in [0.717, 1.165) is 40.9 Å². The van der Waals surface area contributed by atoms with Gasteiger partial charge in [0.05, 0.1) is 24.1 Å². The Morgan fingerprint density at radius 3 is 2.19 bits per heavy atom. The molecule has 0 fully saturated rings. The van der Waals surface area contributed by atoms with Crippen molar-refractivity contribution in [1.29, 1.82) is 0 Å². The van der Waals surface area contributed by atoms with Crippen LogP contribution in [-0.2, 0) is 11.2 Å². The molecule has 0 spiro atoms. The van der Waals surface area contributed by atoms with E-state index in [9.17, 15) is 9.59 Å². The summed E-state index contributed by atoms with van der Waals surface area (Å²) >= 11 is 0. The summed E-state index contributed by atoms with van der Waals surface area (Å²) in [5.74, 6) is 0.430. The number of hydrogen-bond acceptors (Lipinski definition) is 5. The lowest BCUT2D eigenvalue weighted by Crippen LogP contribution is -2.11. The zero-order chi connectivity index (χ0) is 25.7. The summed E-state index contributed by atoms with van der Waals surface area (Å²) in [6.45, 7) is 5.48. The molecule has 4 rings (SSSR count). The van der Waals surface area contributed by atoms with E-state index in [1.165, 1.54) is 6.92 Å². The molecule has 184 valence electrons. The van der Waals surface area contributed by atoms with Crippen molar-refractivity contribution < 1.29 is 19.1 Å². The first-order valence-corrected chi connectivity index (χ1v) is 11.8. The summed E-state index contributed by atoms with van der Waals surface area (Å²) in [4.78, 5) is 24.7. The van der Waals surface area contributed by atoms with Crippen LogP contribution >= 0.6 is 0 Å². The van der Waals surface area contributed by atoms with Gasteiger partial charge in [0.15, 0.2) is 0 Å². The standard InChI is InChI=1S/C29H29N3O4/c1-5-6-26-27(29(36-20(3)33)32(31-26)24-15-7-19(2)8-16-24)21-9-13-23(14-10-21)30-28(34)22-11-17-25(35-4)18-12-22/h7-18H,5-6H2,1-4H3,(H,30,34). The van der Waals surface area contributed by atoms with E-state index in [1.54, 1.807) is 36.1 Å². The van der Waals surface area contributed by atoms with Gasteiger partial charge in [-0.2, -0.15) is 9.78 Å². The average molecular weight is 484 g/mol. The highest BCUT2D eigenvalue weighted by Crippen LogP contribution is 2.37. The van der Waals surface area contributed by atoms with Crippen LogP contribution in [-0.4, -0.2) is 28.8 Å². The van der Waals surface area contributed by atoms with E-state index in [1.807, 2.05) is 55.5 Å². The monoisotopic (exact) mass is 483 g/mol. The van der Waals surface area contributed by atoms with Crippen molar-refractivity contribution in [1.82, 2.24) is 9.78 Å². The van der Waals surface area contributed by atoms with Crippen LogP contribution in [0.1, 0.15) is 41.9 Å². The number of benzene rings is 3. The number of methoxy groups -OCH3 is 1. The lowest BCUT2D eigenvalue weighted by Gasteiger charge is -2.11. The molecule has 7 nitrogen and oxygen atoms in total. The number of ether oxygens (including phenoxy) is 2. The molecule has 1 amide bonds. The van der Waals surface area contributed by atoms with E-state index >= 15 is 0 Å². The lowest BCUT2D eigenvalue weighted by atomic mass is 10.0. The van der Waals surface area contributed by atoms with E-state index in [-0.39, 0.29) is 5.91 Å². The molecule has 1 heterocycles. The topological polar surface area (TPSA) is 82.5 Å². The molecule has 0 saturated heterocycles. The van der Waals surface area contributed by atoms with Gasteiger partial charge in [-0.05, 0) is 67.4 Å². The molecule has 0 aliphatic heterocycles. The van der Waals surface area contributed by atoms with Gasteiger partial charge < -0.3 is 14.8 Å². The second-order valence-electron chi connectivity index (χ2n) is 8.48. The summed E-state index contributed by atoms with van der Waals surface area (Å²) in [5, 5.41) is 7.72. The summed E-state index contributed by atoms with van der Waals surface area (Å²) in [6, 6.07) is 22.3. The van der Waals surface area contributed by atoms with E-state index in [4.69, 9.17) is 14.6 Å². The number of nitrogens with one attached hydrogen (secondary N) is 1. The van der Waals surface area contributed by atoms with Gasteiger partial charge in [0.2, 0.25) is 5.88 Å². The number of hydrogen-bond donors (Lipinski definition) is 1. The first kappa shape index (κ1) is 24.7. The number of aromatic nitrogens is 2. The maximum absolute atomic E-state index is 12.6. The highest BCUT2D eigenvalue weighted by Gasteiger charge is 2.23. The van der Waals surface area contributed by atoms with Crippen LogP contribution in [0.2, 0.25) is 0 Å². The molecule has 1 N–H and O–H groups in total. The highest BCUT2D eigenvalue weighted by atomic mass is 16.5. The van der Waals surface area contributed by atoms with Crippen molar-refractivity contribution in [2.45, 2.75) is 33.6 Å². The average Bonchev–Trinajstić information content (AvgIpc) is 3.22. The van der Waals surface area contributed by atoms with Gasteiger partial charge in [-0.15, -0.1) is 0 Å². The molecule has 0 aliphatic rings. The molecule has 0 radical (unpaired) electrons. The minimum Gasteiger partial charge on any atom is -0.497 e. The zero-order valence-electron chi connectivity index (χ0n) is 20.9. The maximum atomic E-state index is 12.6. The van der Waals surface area contributed by atoms with Crippen LogP contribution < -0.4 is 14.8 Å². The maximum Gasteiger partial charge on any atom is 0.309 e. The van der Waals surface area contributed by atoms with Crippen molar-refractivity contribution in [2.75, 3.05) is 12.4 Å². The van der Waals surface area contributed by atoms with Gasteiger partial charge in [0.1, 0.15) is 5.75 Å². The Morgan fingerprint density at radius 2 is 1.61 bits per heavy atom. The van der Waals surface area contributed by atoms with Gasteiger partial charge in [-0.25, -0.2) is 0 Å². The molecule has 0 unspecified atom stereocenters. The number of nitrogens with zero attached hydrogens (tertiary/aromatic N) is 2. The van der Waals surface area contributed by atoms with Crippen LogP contribution in [0.15, 0.2) is 72.8 Å². The summed E-state index contributed by atoms with van der Waals surface area (Å²) in [5.41, 5.74) is 5.56. The van der Waals surface area contributed by atoms with Gasteiger partial charge in [-0.1, -0.05) is 43.2 Å². The van der Waals surface area contributed by atoms with Gasteiger partial charge in [0.25, 0.3) is 5.91 Å². The number of esters is 1. The molecule has 36 heavy (non-hydrogen) atoms. The van der Waals surface area contributed by atoms with Crippen molar-refractivity contribution in [3.8, 4) is 28.4 Å². The third kappa shape index (κ3) is 5.46. The number of anilines is 1. The first-order chi connectivity index (χ1) is 17.4. The Morgan fingerprint density at radius 1 is 0.944 bits per heavy atom. The van der Waals surface area contributed by atoms with Crippen LogP contribution in [0.25, 0.3) is 16.8 Å². The third-order valence-electron chi connectivity index (χ3n) is 5.70. The quantitative estimate of drug-likeness (QED) is 0.312. The van der Waals surface area contributed by atoms with Crippen LogP contribution in [0.4, 0.5) is 5.69 Å². The Balaban J connectivity index is 1.68. The van der Waals surface area contributed by atoms with E-state index in [0.29, 0.717) is 22.9 Å². The Kier molecular flexibility index (Phi) is 7.49. The summed E-state index contributed by atoms with van der Waals surface area (Å²) in [7, 11) is 1.58. The molecular formula is C29H29N3O4. The predicted octanol–water partition coefficient (Wildman–Crippen LogP) is 5.99. The van der Waals surface area contributed by atoms with Crippen molar-refractivity contribution in [2.24, 2.45) is 0 Å². The molecule has 0 bridgehead atoms. The minimum atomic E-state index is -0.420. The lowest BCUT2D eigenvalue weighted by molar-refractivity contribution is -0.132. The number of rotatable bonds is 8. The van der Waals surface area contributed by atoms with Gasteiger partial charge in [-0.3, -0.25) is 9.59 Å². The van der Waals surface area contributed by atoms with E-state index in [2.05, 4.69) is 12.2 Å². The fraction of sp³-hybridized carbons (Fsp3) is 0.207. The highest BCUT2D eigenvalue weighted by molar-refractivity contribution is 6.04. The van der Waals surface area contributed by atoms with Gasteiger partial charge >= 0.3 is 5.97 Å². The SMILES string of the molecule is CCCc1nn(-c2ccc(C)cc2)c(OC(C)=O)c1-c1ccc(NC(=O)c2ccc(OC)cc2)cc1. The molecule has 7 heteroatoms. The van der Waals surface area contributed by atoms with Gasteiger partial charge in [0, 0.05) is 18.2 Å². The molecular weight excluding hydrogens is 454 g/mol. The zero-order valence-corrected chi connectivity index (χ0v) is 20.9. The molecule has 3 aromatic carbocycles. The fourth-order valence-electron chi connectivity index (χ4n) is 3.90. The molecule has 0 aliphatic carbocycles. The summed E-state index contributed by atoms with van der Waals surface area (Å²) in [6.07, 6.45) is 1.60. The Hall–Kier alpha value is -4.39. The molecule has 4 aromatic rings. The molecule has 0 atom stereocenters. The van der Waals surface area contributed by atoms with E-state index < -0.39 is 5.97 Å². The van der Waals surface area contributed by atoms with Crippen LogP contribution in [0.3, 0.4) is 0 Å². The second kappa shape index (κ2) is 10.9. The van der Waals surface area contributed by atoms with Crippen molar-refractivity contribution >= 4 is 17.6 Å². The minimum absolute atomic E-state index is 0.218. The number of carbonyl (C=O) groups is 2. The normalized spacial score (nSPS) is 10.7. The largest absolute Gasteiger partial charge is 0.497 e. The smallest absolute Gasteiger partial charge is 0.309 e. The number of aryl methyl sites for hydroxylation is 2. The Labute approximate surface area is 210 Å². The fourth-order valence-corrected chi connectivity index (χ4v) is 3.90. The third-order valence-corrected chi connectivity index (χ3v) is 5.70. The van der Waals surface area contributed by atoms with Crippen molar-refractivity contribution in [3.05, 3.63) is 89.6 Å². The number of carbonyl (C=O) groups excluding carboxylic acids is 2. The molecule has 1 aromatic heterocycles. The van der Waals surface area contributed by atoms with Crippen LogP contribution in [0, 0.1) is 6.92 Å². The first-order valence-electron chi connectivity index (χ1n) is 11.8. The number of amides is 1. The predicted molar refractivity (Wildman–Crippen MR) is 140 cm³/mol. The van der Waals surface area contributed by atoms with Crippen LogP contribution in [0.5, 0.6) is 11.6 Å². The Bertz CT molecular complexity index is 1360. The van der Waals surface area contributed by atoms with Crippen molar-refractivity contribution in [3.63, 3.8) is 0 Å². The second-order valence-corrected chi connectivity index (χ2v) is 8.48. The molecule has 0 saturated carbocycles.